The van der Waals surface area contributed by atoms with E-state index < -0.39 is 0 Å². The van der Waals surface area contributed by atoms with Gasteiger partial charge in [-0.05, 0) is 54.8 Å². The molecule has 0 unspecified atom stereocenters. The molecule has 29 heavy (non-hydrogen) atoms. The molecule has 0 spiro atoms. The average Bonchev–Trinajstić information content (AvgIpc) is 2.72. The highest BCUT2D eigenvalue weighted by Crippen LogP contribution is 2.30. The van der Waals surface area contributed by atoms with Crippen LogP contribution in [-0.2, 0) is 13.0 Å². The normalized spacial score (nSPS) is 11.0. The molecule has 0 saturated heterocycles. The second kappa shape index (κ2) is 7.92. The van der Waals surface area contributed by atoms with Crippen LogP contribution >= 0.6 is 0 Å². The van der Waals surface area contributed by atoms with Crippen molar-refractivity contribution in [3.63, 3.8) is 0 Å². The van der Waals surface area contributed by atoms with E-state index in [1.165, 1.54) is 12.1 Å². The molecule has 0 saturated carbocycles. The van der Waals surface area contributed by atoms with E-state index in [2.05, 4.69) is 0 Å². The van der Waals surface area contributed by atoms with Gasteiger partial charge in [-0.1, -0.05) is 42.5 Å². The van der Waals surface area contributed by atoms with Crippen LogP contribution in [0.1, 0.15) is 27.8 Å². The molecule has 0 bridgehead atoms. The third-order valence-electron chi connectivity index (χ3n) is 5.16. The van der Waals surface area contributed by atoms with Crippen LogP contribution in [0.25, 0.3) is 11.0 Å². The van der Waals surface area contributed by atoms with Gasteiger partial charge in [0.05, 0.1) is 0 Å². The maximum atomic E-state index is 13.4. The van der Waals surface area contributed by atoms with Crippen molar-refractivity contribution in [2.24, 2.45) is 0 Å². The van der Waals surface area contributed by atoms with Crippen LogP contribution in [0, 0.1) is 19.7 Å². The molecule has 3 nitrogen and oxygen atoms in total. The van der Waals surface area contributed by atoms with E-state index in [4.69, 9.17) is 9.15 Å². The lowest BCUT2D eigenvalue weighted by Crippen LogP contribution is -2.11. The first-order valence-electron chi connectivity index (χ1n) is 9.50. The van der Waals surface area contributed by atoms with Gasteiger partial charge in [0.2, 0.25) is 0 Å². The number of halogens is 1. The summed E-state index contributed by atoms with van der Waals surface area (Å²) in [6.07, 6.45) is 0.530. The van der Waals surface area contributed by atoms with Gasteiger partial charge in [-0.2, -0.15) is 0 Å². The molecule has 4 aromatic rings. The quantitative estimate of drug-likeness (QED) is 0.411. The Morgan fingerprint density at radius 2 is 1.66 bits per heavy atom. The smallest absolute Gasteiger partial charge is 0.340 e. The number of hydrogen-bond donors (Lipinski definition) is 0. The lowest BCUT2D eigenvalue weighted by atomic mass is 9.98. The predicted molar refractivity (Wildman–Crippen MR) is 112 cm³/mol. The van der Waals surface area contributed by atoms with Gasteiger partial charge < -0.3 is 9.15 Å². The predicted octanol–water partition coefficient (Wildman–Crippen LogP) is 5.72. The van der Waals surface area contributed by atoms with Crippen LogP contribution in [0.4, 0.5) is 4.39 Å². The fourth-order valence-electron chi connectivity index (χ4n) is 3.52. The summed E-state index contributed by atoms with van der Waals surface area (Å²) in [6.45, 7) is 4.05. The Balaban J connectivity index is 1.68. The number of aryl methyl sites for hydroxylation is 2. The molecule has 4 heteroatoms. The lowest BCUT2D eigenvalue weighted by molar-refractivity contribution is 0.303. The van der Waals surface area contributed by atoms with Crippen molar-refractivity contribution in [1.82, 2.24) is 0 Å². The molecular weight excluding hydrogens is 367 g/mol. The van der Waals surface area contributed by atoms with Gasteiger partial charge in [-0.25, -0.2) is 9.18 Å². The summed E-state index contributed by atoms with van der Waals surface area (Å²) in [5.41, 5.74) is 4.33. The van der Waals surface area contributed by atoms with Crippen molar-refractivity contribution in [1.29, 1.82) is 0 Å². The van der Waals surface area contributed by atoms with E-state index in [9.17, 15) is 9.18 Å². The SMILES string of the molecule is Cc1c(Cc2ccccc2)c(=O)oc2c(C)c(OCc3cccc(F)c3)ccc12. The Kier molecular flexibility index (Phi) is 5.17. The number of benzene rings is 3. The summed E-state index contributed by atoms with van der Waals surface area (Å²) in [5.74, 6) is 0.314. The lowest BCUT2D eigenvalue weighted by Gasteiger charge is -2.13. The first-order chi connectivity index (χ1) is 14.0. The van der Waals surface area contributed by atoms with Crippen LogP contribution in [-0.4, -0.2) is 0 Å². The molecule has 146 valence electrons. The van der Waals surface area contributed by atoms with Gasteiger partial charge in [0, 0.05) is 22.9 Å². The number of fused-ring (bicyclic) bond motifs is 1. The summed E-state index contributed by atoms with van der Waals surface area (Å²) in [4.78, 5) is 12.7. The zero-order valence-corrected chi connectivity index (χ0v) is 16.4. The van der Waals surface area contributed by atoms with Crippen molar-refractivity contribution >= 4 is 11.0 Å². The third-order valence-corrected chi connectivity index (χ3v) is 5.16. The molecule has 0 aliphatic carbocycles. The van der Waals surface area contributed by atoms with E-state index >= 15 is 0 Å². The molecule has 0 fully saturated rings. The van der Waals surface area contributed by atoms with Gasteiger partial charge in [0.15, 0.2) is 0 Å². The van der Waals surface area contributed by atoms with Crippen molar-refractivity contribution in [2.75, 3.05) is 0 Å². The molecule has 1 aromatic heterocycles. The van der Waals surface area contributed by atoms with Crippen molar-refractivity contribution in [3.8, 4) is 5.75 Å². The number of hydrogen-bond acceptors (Lipinski definition) is 3. The molecule has 4 rings (SSSR count). The van der Waals surface area contributed by atoms with E-state index in [1.807, 2.05) is 56.3 Å². The van der Waals surface area contributed by atoms with Crippen molar-refractivity contribution < 1.29 is 13.5 Å². The van der Waals surface area contributed by atoms with Crippen molar-refractivity contribution in [3.05, 3.63) is 111 Å². The monoisotopic (exact) mass is 388 g/mol. The highest BCUT2D eigenvalue weighted by atomic mass is 19.1. The molecule has 1 heterocycles. The van der Waals surface area contributed by atoms with Crippen LogP contribution in [0.3, 0.4) is 0 Å². The third kappa shape index (κ3) is 3.92. The fraction of sp³-hybridized carbons (Fsp3) is 0.160. The molecule has 0 aliphatic heterocycles. The summed E-state index contributed by atoms with van der Waals surface area (Å²) >= 11 is 0. The summed E-state index contributed by atoms with van der Waals surface area (Å²) in [6, 6.07) is 19.9. The van der Waals surface area contributed by atoms with Gasteiger partial charge in [0.25, 0.3) is 0 Å². The van der Waals surface area contributed by atoms with Gasteiger partial charge in [0.1, 0.15) is 23.8 Å². The summed E-state index contributed by atoms with van der Waals surface area (Å²) in [7, 11) is 0. The minimum absolute atomic E-state index is 0.236. The van der Waals surface area contributed by atoms with Crippen molar-refractivity contribution in [2.45, 2.75) is 26.9 Å². The topological polar surface area (TPSA) is 39.4 Å². The van der Waals surface area contributed by atoms with Gasteiger partial charge >= 0.3 is 5.63 Å². The summed E-state index contributed by atoms with van der Waals surface area (Å²) < 4.78 is 24.9. The van der Waals surface area contributed by atoms with E-state index in [-0.39, 0.29) is 18.0 Å². The zero-order chi connectivity index (χ0) is 20.4. The second-order valence-corrected chi connectivity index (χ2v) is 7.14. The Labute approximate surface area is 168 Å². The first-order valence-corrected chi connectivity index (χ1v) is 9.50. The van der Waals surface area contributed by atoms with E-state index in [0.29, 0.717) is 23.3 Å². The molecule has 0 aliphatic rings. The molecular formula is C25H21FO3. The number of ether oxygens (including phenoxy) is 1. The second-order valence-electron chi connectivity index (χ2n) is 7.14. The first kappa shape index (κ1) is 18.9. The fourth-order valence-corrected chi connectivity index (χ4v) is 3.52. The van der Waals surface area contributed by atoms with Gasteiger partial charge in [-0.15, -0.1) is 0 Å². The molecule has 0 atom stereocenters. The highest BCUT2D eigenvalue weighted by molar-refractivity contribution is 5.85. The molecule has 0 amide bonds. The molecule has 0 radical (unpaired) electrons. The average molecular weight is 388 g/mol. The Morgan fingerprint density at radius 1 is 0.897 bits per heavy atom. The van der Waals surface area contributed by atoms with Crippen LogP contribution in [0.5, 0.6) is 5.75 Å². The zero-order valence-electron chi connectivity index (χ0n) is 16.4. The summed E-state index contributed by atoms with van der Waals surface area (Å²) in [5, 5.41) is 0.895. The number of rotatable bonds is 5. The van der Waals surface area contributed by atoms with Gasteiger partial charge in [-0.3, -0.25) is 0 Å². The van der Waals surface area contributed by atoms with Crippen LogP contribution in [0.15, 0.2) is 75.9 Å². The Morgan fingerprint density at radius 3 is 2.41 bits per heavy atom. The minimum Gasteiger partial charge on any atom is -0.488 e. The maximum Gasteiger partial charge on any atom is 0.340 e. The Hall–Kier alpha value is -3.40. The van der Waals surface area contributed by atoms with Crippen LogP contribution < -0.4 is 10.4 Å². The molecule has 0 N–H and O–H groups in total. The van der Waals surface area contributed by atoms with E-state index in [0.717, 1.165) is 27.6 Å². The highest BCUT2D eigenvalue weighted by Gasteiger charge is 2.15. The maximum absolute atomic E-state index is 13.4. The molecule has 3 aromatic carbocycles. The Bertz CT molecular complexity index is 1230. The van der Waals surface area contributed by atoms with Crippen LogP contribution in [0.2, 0.25) is 0 Å². The standard InChI is InChI=1S/C25H21FO3/c1-16-21-11-12-23(28-15-19-9-6-10-20(26)13-19)17(2)24(21)29-25(27)22(16)14-18-7-4-3-5-8-18/h3-13H,14-15H2,1-2H3. The minimum atomic E-state index is -0.329. The largest absolute Gasteiger partial charge is 0.488 e. The van der Waals surface area contributed by atoms with E-state index in [1.54, 1.807) is 12.1 Å².